The second kappa shape index (κ2) is 7.59. The molecule has 0 aromatic heterocycles. The molecule has 0 saturated heterocycles. The van der Waals surface area contributed by atoms with Crippen molar-refractivity contribution < 1.29 is 19.0 Å². The van der Waals surface area contributed by atoms with Crippen molar-refractivity contribution in [3.05, 3.63) is 95.1 Å². The largest absolute Gasteiger partial charge is 0.497 e. The van der Waals surface area contributed by atoms with Gasteiger partial charge < -0.3 is 19.1 Å². The van der Waals surface area contributed by atoms with Gasteiger partial charge in [-0.3, -0.25) is 4.79 Å². The molecule has 3 aromatic carbocycles. The van der Waals surface area contributed by atoms with Crippen molar-refractivity contribution in [3.8, 4) is 17.2 Å². The summed E-state index contributed by atoms with van der Waals surface area (Å²) in [6.07, 6.45) is 2.85. The molecule has 0 bridgehead atoms. The van der Waals surface area contributed by atoms with E-state index < -0.39 is 0 Å². The third kappa shape index (κ3) is 3.28. The van der Waals surface area contributed by atoms with Crippen molar-refractivity contribution in [3.63, 3.8) is 0 Å². The zero-order valence-corrected chi connectivity index (χ0v) is 16.6. The zero-order chi connectivity index (χ0) is 20.5. The molecule has 0 fully saturated rings. The minimum Gasteiger partial charge on any atom is -0.497 e. The molecule has 0 spiro atoms. The van der Waals surface area contributed by atoms with Crippen molar-refractivity contribution in [2.24, 2.45) is 0 Å². The molecule has 30 heavy (non-hydrogen) atoms. The standard InChI is InChI=1S/C25H21NO4/c1-28-19-10-7-18(8-11-19)15-26-22(12-9-17-5-3-2-4-6-17)20-13-23-24(30-16-29-23)14-21(20)25(26)27/h2-8,10-14H,9,15-16H2,1H3/b22-12+. The number of fused-ring (bicyclic) bond motifs is 2. The van der Waals surface area contributed by atoms with Gasteiger partial charge in [-0.1, -0.05) is 48.5 Å². The van der Waals surface area contributed by atoms with Gasteiger partial charge in [-0.25, -0.2) is 0 Å². The second-order valence-corrected chi connectivity index (χ2v) is 7.27. The highest BCUT2D eigenvalue weighted by atomic mass is 16.7. The predicted octanol–water partition coefficient (Wildman–Crippen LogP) is 4.66. The van der Waals surface area contributed by atoms with Crippen LogP contribution in [-0.4, -0.2) is 24.7 Å². The van der Waals surface area contributed by atoms with E-state index in [0.717, 1.165) is 29.0 Å². The molecule has 0 unspecified atom stereocenters. The fourth-order valence-electron chi connectivity index (χ4n) is 3.85. The maximum absolute atomic E-state index is 13.3. The number of nitrogens with zero attached hydrogens (tertiary/aromatic N) is 1. The van der Waals surface area contributed by atoms with Crippen molar-refractivity contribution in [1.82, 2.24) is 4.90 Å². The molecule has 3 aromatic rings. The van der Waals surface area contributed by atoms with Crippen LogP contribution < -0.4 is 14.2 Å². The van der Waals surface area contributed by atoms with Crippen LogP contribution in [0.3, 0.4) is 0 Å². The van der Waals surface area contributed by atoms with E-state index in [1.54, 1.807) is 13.2 Å². The van der Waals surface area contributed by atoms with Crippen LogP contribution in [-0.2, 0) is 13.0 Å². The Morgan fingerprint density at radius 3 is 2.33 bits per heavy atom. The van der Waals surface area contributed by atoms with E-state index in [4.69, 9.17) is 14.2 Å². The van der Waals surface area contributed by atoms with Crippen molar-refractivity contribution in [2.75, 3.05) is 13.9 Å². The van der Waals surface area contributed by atoms with Gasteiger partial charge in [-0.15, -0.1) is 0 Å². The summed E-state index contributed by atoms with van der Waals surface area (Å²) < 4.78 is 16.3. The first-order valence-corrected chi connectivity index (χ1v) is 9.86. The van der Waals surface area contributed by atoms with Crippen LogP contribution in [0, 0.1) is 0 Å². The summed E-state index contributed by atoms with van der Waals surface area (Å²) in [5.74, 6) is 2.06. The van der Waals surface area contributed by atoms with E-state index >= 15 is 0 Å². The van der Waals surface area contributed by atoms with Gasteiger partial charge in [0.15, 0.2) is 11.5 Å². The number of hydrogen-bond donors (Lipinski definition) is 0. The number of carbonyl (C=O) groups excluding carboxylic acids is 1. The summed E-state index contributed by atoms with van der Waals surface area (Å²) in [7, 11) is 1.64. The lowest BCUT2D eigenvalue weighted by Gasteiger charge is -2.19. The topological polar surface area (TPSA) is 48.0 Å². The normalized spacial score (nSPS) is 15.6. The highest BCUT2D eigenvalue weighted by Crippen LogP contribution is 2.42. The first-order chi connectivity index (χ1) is 14.7. The Hall–Kier alpha value is -3.73. The third-order valence-electron chi connectivity index (χ3n) is 5.43. The highest BCUT2D eigenvalue weighted by Gasteiger charge is 2.34. The lowest BCUT2D eigenvalue weighted by Crippen LogP contribution is -2.22. The third-order valence-corrected chi connectivity index (χ3v) is 5.43. The minimum absolute atomic E-state index is 0.0292. The number of amides is 1. The van der Waals surface area contributed by atoms with Gasteiger partial charge in [0.2, 0.25) is 6.79 Å². The lowest BCUT2D eigenvalue weighted by atomic mass is 10.0. The molecule has 5 heteroatoms. The molecule has 2 aliphatic heterocycles. The molecule has 0 aliphatic carbocycles. The summed E-state index contributed by atoms with van der Waals surface area (Å²) in [4.78, 5) is 15.1. The van der Waals surface area contributed by atoms with Gasteiger partial charge >= 0.3 is 0 Å². The molecule has 1 amide bonds. The van der Waals surface area contributed by atoms with Crippen LogP contribution in [0.4, 0.5) is 0 Å². The zero-order valence-electron chi connectivity index (χ0n) is 16.6. The van der Waals surface area contributed by atoms with Crippen LogP contribution in [0.15, 0.2) is 72.8 Å². The molecular weight excluding hydrogens is 378 g/mol. The van der Waals surface area contributed by atoms with Gasteiger partial charge in [-0.05, 0) is 41.8 Å². The fourth-order valence-corrected chi connectivity index (χ4v) is 3.85. The molecule has 5 nitrogen and oxygen atoms in total. The summed E-state index contributed by atoms with van der Waals surface area (Å²) in [6, 6.07) is 21.7. The van der Waals surface area contributed by atoms with Gasteiger partial charge in [0.1, 0.15) is 5.75 Å². The molecule has 150 valence electrons. The molecule has 0 radical (unpaired) electrons. The monoisotopic (exact) mass is 399 g/mol. The lowest BCUT2D eigenvalue weighted by molar-refractivity contribution is 0.0842. The smallest absolute Gasteiger partial charge is 0.259 e. The highest BCUT2D eigenvalue weighted by molar-refractivity contribution is 6.09. The number of ether oxygens (including phenoxy) is 3. The average molecular weight is 399 g/mol. The molecule has 2 heterocycles. The average Bonchev–Trinajstić information content (AvgIpc) is 3.35. The van der Waals surface area contributed by atoms with Crippen molar-refractivity contribution >= 4 is 11.6 Å². The molecular formula is C25H21NO4. The Bertz CT molecular complexity index is 1120. The maximum Gasteiger partial charge on any atom is 0.259 e. The Morgan fingerprint density at radius 2 is 1.63 bits per heavy atom. The van der Waals surface area contributed by atoms with E-state index in [-0.39, 0.29) is 12.7 Å². The van der Waals surface area contributed by atoms with E-state index in [0.29, 0.717) is 23.6 Å². The second-order valence-electron chi connectivity index (χ2n) is 7.27. The van der Waals surface area contributed by atoms with Crippen LogP contribution in [0.2, 0.25) is 0 Å². The Labute approximate surface area is 175 Å². The number of rotatable bonds is 5. The number of allylic oxidation sites excluding steroid dienone is 1. The minimum atomic E-state index is -0.0292. The Balaban J connectivity index is 1.52. The van der Waals surface area contributed by atoms with Gasteiger partial charge in [0.25, 0.3) is 5.91 Å². The predicted molar refractivity (Wildman–Crippen MR) is 114 cm³/mol. The first-order valence-electron chi connectivity index (χ1n) is 9.86. The molecule has 0 saturated carbocycles. The summed E-state index contributed by atoms with van der Waals surface area (Å²) in [5, 5.41) is 0. The first kappa shape index (κ1) is 18.3. The Kier molecular flexibility index (Phi) is 4.64. The van der Waals surface area contributed by atoms with Gasteiger partial charge in [0, 0.05) is 11.3 Å². The molecule has 2 aliphatic rings. The quantitative estimate of drug-likeness (QED) is 0.626. The van der Waals surface area contributed by atoms with Crippen LogP contribution >= 0.6 is 0 Å². The van der Waals surface area contributed by atoms with E-state index in [1.807, 2.05) is 53.4 Å². The maximum atomic E-state index is 13.3. The summed E-state index contributed by atoms with van der Waals surface area (Å²) in [6.45, 7) is 0.662. The van der Waals surface area contributed by atoms with Gasteiger partial charge in [0.05, 0.1) is 19.2 Å². The van der Waals surface area contributed by atoms with E-state index in [1.165, 1.54) is 5.56 Å². The van der Waals surface area contributed by atoms with Gasteiger partial charge in [-0.2, -0.15) is 0 Å². The fraction of sp³-hybridized carbons (Fsp3) is 0.160. The number of benzene rings is 3. The van der Waals surface area contributed by atoms with Crippen LogP contribution in [0.5, 0.6) is 17.2 Å². The number of methoxy groups -OCH3 is 1. The van der Waals surface area contributed by atoms with Crippen molar-refractivity contribution in [1.29, 1.82) is 0 Å². The number of carbonyl (C=O) groups is 1. The number of hydrogen-bond acceptors (Lipinski definition) is 4. The SMILES string of the molecule is COc1ccc(CN2C(=O)c3cc4c(cc3/C2=C\Cc2ccccc2)OCO4)cc1. The molecule has 5 rings (SSSR count). The van der Waals surface area contributed by atoms with Crippen molar-refractivity contribution in [2.45, 2.75) is 13.0 Å². The molecule has 0 N–H and O–H groups in total. The molecule has 0 atom stereocenters. The van der Waals surface area contributed by atoms with E-state index in [9.17, 15) is 4.79 Å². The van der Waals surface area contributed by atoms with E-state index in [2.05, 4.69) is 18.2 Å². The van der Waals surface area contributed by atoms with Crippen LogP contribution in [0.1, 0.15) is 27.0 Å². The summed E-state index contributed by atoms with van der Waals surface area (Å²) in [5.41, 5.74) is 4.65. The van der Waals surface area contributed by atoms with Crippen LogP contribution in [0.25, 0.3) is 5.70 Å². The Morgan fingerprint density at radius 1 is 0.933 bits per heavy atom. The summed E-state index contributed by atoms with van der Waals surface area (Å²) >= 11 is 0.